The van der Waals surface area contributed by atoms with Gasteiger partial charge in [0.2, 0.25) is 0 Å². The van der Waals surface area contributed by atoms with Crippen LogP contribution in [0.15, 0.2) is 54.6 Å². The van der Waals surface area contributed by atoms with Crippen molar-refractivity contribution in [3.05, 3.63) is 93.9 Å². The zero-order valence-electron chi connectivity index (χ0n) is 23.5. The lowest BCUT2D eigenvalue weighted by Crippen LogP contribution is -2.25. The highest BCUT2D eigenvalue weighted by molar-refractivity contribution is 6.48. The van der Waals surface area contributed by atoms with Crippen molar-refractivity contribution in [2.45, 2.75) is 79.8 Å². The van der Waals surface area contributed by atoms with Gasteiger partial charge in [0.05, 0.1) is 12.6 Å². The molecule has 0 fully saturated rings. The van der Waals surface area contributed by atoms with Crippen LogP contribution in [0.2, 0.25) is 13.1 Å². The molecular formula is C31H41N3O2Si. The summed E-state index contributed by atoms with van der Waals surface area (Å²) in [7, 11) is -1.20. The average Bonchev–Trinajstić information content (AvgIpc) is 3.19. The summed E-state index contributed by atoms with van der Waals surface area (Å²) in [5.41, 5.74) is 8.09. The molecule has 0 aliphatic heterocycles. The van der Waals surface area contributed by atoms with E-state index in [0.717, 1.165) is 56.9 Å². The van der Waals surface area contributed by atoms with Crippen molar-refractivity contribution < 1.29 is 9.53 Å². The lowest BCUT2D eigenvalue weighted by Gasteiger charge is -2.33. The van der Waals surface area contributed by atoms with Crippen molar-refractivity contribution in [2.24, 2.45) is 5.41 Å². The maximum atomic E-state index is 11.3. The van der Waals surface area contributed by atoms with Crippen molar-refractivity contribution in [1.82, 2.24) is 14.5 Å². The molecule has 2 atom stereocenters. The van der Waals surface area contributed by atoms with E-state index in [1.807, 2.05) is 31.2 Å². The number of pyridine rings is 1. The van der Waals surface area contributed by atoms with E-state index < -0.39 is 15.1 Å². The summed E-state index contributed by atoms with van der Waals surface area (Å²) < 4.78 is 8.59. The highest BCUT2D eigenvalue weighted by atomic mass is 28.3. The maximum Gasteiger partial charge on any atom is 0.171 e. The highest BCUT2D eigenvalue weighted by Crippen LogP contribution is 2.37. The van der Waals surface area contributed by atoms with Crippen LogP contribution in [0, 0.1) is 19.3 Å². The number of hydrogen-bond acceptors (Lipinski definition) is 4. The minimum atomic E-state index is -1.20. The number of aliphatic hydroxyl groups excluding tert-OH is 1. The molecule has 0 aliphatic rings. The Hall–Kier alpha value is -2.80. The summed E-state index contributed by atoms with van der Waals surface area (Å²) in [5, 5.41) is 11.3. The molecule has 0 saturated heterocycles. The van der Waals surface area contributed by atoms with Crippen molar-refractivity contribution in [2.75, 3.05) is 0 Å². The van der Waals surface area contributed by atoms with E-state index in [-0.39, 0.29) is 11.5 Å². The van der Waals surface area contributed by atoms with E-state index >= 15 is 0 Å². The fourth-order valence-corrected chi connectivity index (χ4v) is 6.14. The Morgan fingerprint density at radius 3 is 2.24 bits per heavy atom. The van der Waals surface area contributed by atoms with E-state index in [9.17, 15) is 5.11 Å². The Kier molecular flexibility index (Phi) is 8.02. The lowest BCUT2D eigenvalue weighted by atomic mass is 9.84. The van der Waals surface area contributed by atoms with Crippen molar-refractivity contribution in [3.8, 4) is 0 Å². The van der Waals surface area contributed by atoms with Gasteiger partial charge >= 0.3 is 0 Å². The Labute approximate surface area is 223 Å². The first-order chi connectivity index (χ1) is 17.5. The van der Waals surface area contributed by atoms with E-state index in [2.05, 4.69) is 82.6 Å². The van der Waals surface area contributed by atoms with Gasteiger partial charge in [0.1, 0.15) is 17.4 Å². The van der Waals surface area contributed by atoms with Crippen LogP contribution < -0.4 is 0 Å². The number of fused-ring (bicyclic) bond motifs is 1. The molecule has 2 aromatic carbocycles. The summed E-state index contributed by atoms with van der Waals surface area (Å²) >= 11 is 0. The monoisotopic (exact) mass is 515 g/mol. The molecule has 2 unspecified atom stereocenters. The zero-order valence-corrected chi connectivity index (χ0v) is 24.7. The first kappa shape index (κ1) is 27.2. The Morgan fingerprint density at radius 2 is 1.62 bits per heavy atom. The fraction of sp³-hybridized carbons (Fsp3) is 0.419. The molecule has 0 saturated carbocycles. The predicted molar refractivity (Wildman–Crippen MR) is 155 cm³/mol. The predicted octanol–water partition coefficient (Wildman–Crippen LogP) is 6.83. The van der Waals surface area contributed by atoms with Crippen LogP contribution in [-0.4, -0.2) is 28.7 Å². The summed E-state index contributed by atoms with van der Waals surface area (Å²) in [6, 6.07) is 18.6. The molecule has 196 valence electrons. The van der Waals surface area contributed by atoms with Gasteiger partial charge in [0.15, 0.2) is 14.7 Å². The summed E-state index contributed by atoms with van der Waals surface area (Å²) in [5.74, 6) is 1.03. The molecule has 0 aliphatic carbocycles. The third-order valence-electron chi connectivity index (χ3n) is 6.77. The highest BCUT2D eigenvalue weighted by Gasteiger charge is 2.28. The molecule has 0 spiro atoms. The molecule has 1 N–H and O–H groups in total. The van der Waals surface area contributed by atoms with Gasteiger partial charge in [0.25, 0.3) is 0 Å². The second-order valence-electron chi connectivity index (χ2n) is 11.5. The Bertz CT molecular complexity index is 1370. The number of nitrogens with zero attached hydrogens (tertiary/aromatic N) is 3. The van der Waals surface area contributed by atoms with Crippen molar-refractivity contribution >= 4 is 20.2 Å². The number of benzene rings is 2. The SMILES string of the molecule is CCc1nc2c(C)cc(C)nc2n1Cc1cccc(C(O)c2ccc(C(O[SiH](C)C)C(C)(C)C)cc2)c1. The summed E-state index contributed by atoms with van der Waals surface area (Å²) in [6.45, 7) is 18.0. The van der Waals surface area contributed by atoms with Crippen LogP contribution in [0.3, 0.4) is 0 Å². The standard InChI is InChI=1S/C31H41N3O2Si/c1-9-26-33-27-20(2)17-21(3)32-30(27)34(26)19-22-11-10-12-25(18-22)28(35)23-13-15-24(16-14-23)29(31(4,5)6)36-37(7)8/h10-18,28-29,35,37H,9,19H2,1-8H3. The number of aromatic nitrogens is 3. The number of rotatable bonds is 8. The zero-order chi connectivity index (χ0) is 26.9. The second-order valence-corrected chi connectivity index (χ2v) is 13.8. The van der Waals surface area contributed by atoms with Crippen molar-refractivity contribution in [1.29, 1.82) is 0 Å². The number of aryl methyl sites for hydroxylation is 3. The first-order valence-electron chi connectivity index (χ1n) is 13.3. The third-order valence-corrected chi connectivity index (χ3v) is 7.59. The molecule has 2 heterocycles. The van der Waals surface area contributed by atoms with Crippen LogP contribution in [0.25, 0.3) is 11.2 Å². The van der Waals surface area contributed by atoms with Crippen LogP contribution >= 0.6 is 0 Å². The maximum absolute atomic E-state index is 11.3. The van der Waals surface area contributed by atoms with Gasteiger partial charge < -0.3 is 14.1 Å². The van der Waals surface area contributed by atoms with Gasteiger partial charge in [-0.15, -0.1) is 0 Å². The lowest BCUT2D eigenvalue weighted by molar-refractivity contribution is 0.0865. The normalized spacial score (nSPS) is 13.9. The number of hydrogen-bond donors (Lipinski definition) is 1. The van der Waals surface area contributed by atoms with Gasteiger partial charge in [-0.05, 0) is 66.2 Å². The van der Waals surface area contributed by atoms with E-state index in [4.69, 9.17) is 14.4 Å². The van der Waals surface area contributed by atoms with Crippen LogP contribution in [0.4, 0.5) is 0 Å². The fourth-order valence-electron chi connectivity index (χ4n) is 5.03. The first-order valence-corrected chi connectivity index (χ1v) is 16.1. The quantitative estimate of drug-likeness (QED) is 0.261. The van der Waals surface area contributed by atoms with Gasteiger partial charge in [-0.3, -0.25) is 0 Å². The summed E-state index contributed by atoms with van der Waals surface area (Å²) in [4.78, 5) is 9.68. The van der Waals surface area contributed by atoms with Gasteiger partial charge in [-0.1, -0.05) is 76.2 Å². The van der Waals surface area contributed by atoms with Crippen molar-refractivity contribution in [3.63, 3.8) is 0 Å². The number of aliphatic hydroxyl groups is 1. The number of imidazole rings is 1. The topological polar surface area (TPSA) is 60.2 Å². The Morgan fingerprint density at radius 1 is 0.946 bits per heavy atom. The molecule has 4 aromatic rings. The smallest absolute Gasteiger partial charge is 0.171 e. The average molecular weight is 516 g/mol. The second kappa shape index (κ2) is 10.9. The van der Waals surface area contributed by atoms with Crippen LogP contribution in [0.1, 0.15) is 79.2 Å². The molecule has 37 heavy (non-hydrogen) atoms. The minimum Gasteiger partial charge on any atom is -0.413 e. The van der Waals surface area contributed by atoms with E-state index in [1.165, 1.54) is 0 Å². The Balaban J connectivity index is 1.60. The van der Waals surface area contributed by atoms with E-state index in [0.29, 0.717) is 6.54 Å². The molecule has 0 amide bonds. The molecule has 0 bridgehead atoms. The van der Waals surface area contributed by atoms with Gasteiger partial charge in [0, 0.05) is 12.1 Å². The molecule has 2 aromatic heterocycles. The van der Waals surface area contributed by atoms with Gasteiger partial charge in [-0.2, -0.15) is 0 Å². The molecule has 5 nitrogen and oxygen atoms in total. The summed E-state index contributed by atoms with van der Waals surface area (Å²) in [6.07, 6.45) is 0.185. The molecule has 0 radical (unpaired) electrons. The third kappa shape index (κ3) is 6.03. The molecular weight excluding hydrogens is 474 g/mol. The van der Waals surface area contributed by atoms with Gasteiger partial charge in [-0.25, -0.2) is 9.97 Å². The van der Waals surface area contributed by atoms with Crippen LogP contribution in [0.5, 0.6) is 0 Å². The van der Waals surface area contributed by atoms with E-state index in [1.54, 1.807) is 0 Å². The largest absolute Gasteiger partial charge is 0.413 e. The van der Waals surface area contributed by atoms with Crippen LogP contribution in [-0.2, 0) is 17.4 Å². The minimum absolute atomic E-state index is 0.00646. The molecule has 4 rings (SSSR count). The molecule has 6 heteroatoms.